The Morgan fingerprint density at radius 1 is 1.47 bits per heavy atom. The third-order valence-corrected chi connectivity index (χ3v) is 2.28. The molecule has 0 bridgehead atoms. The molecule has 0 amide bonds. The van der Waals surface area contributed by atoms with Gasteiger partial charge in [-0.05, 0) is 6.42 Å². The highest BCUT2D eigenvalue weighted by molar-refractivity contribution is 4.92. The third-order valence-electron chi connectivity index (χ3n) is 2.28. The highest BCUT2D eigenvalue weighted by Crippen LogP contribution is 2.19. The maximum Gasteiger partial charge on any atom is 0.264 e. The van der Waals surface area contributed by atoms with E-state index in [2.05, 4.69) is 10.1 Å². The number of nitrogens with zero attached hydrogens (tertiary/aromatic N) is 2. The largest absolute Gasteiger partial charge is 0.387 e. The van der Waals surface area contributed by atoms with Crippen LogP contribution in [-0.4, -0.2) is 34.9 Å². The Kier molecular flexibility index (Phi) is 5.43. The van der Waals surface area contributed by atoms with Crippen molar-refractivity contribution in [3.05, 3.63) is 11.7 Å². The molecule has 0 fully saturated rings. The number of aromatic nitrogens is 2. The van der Waals surface area contributed by atoms with Crippen molar-refractivity contribution in [2.45, 2.75) is 44.8 Å². The number of hydrogen-bond donors (Lipinski definition) is 1. The van der Waals surface area contributed by atoms with Crippen LogP contribution < -0.4 is 0 Å². The normalized spacial score (nSPS) is 15.2. The van der Waals surface area contributed by atoms with E-state index in [0.29, 0.717) is 12.2 Å². The van der Waals surface area contributed by atoms with Crippen molar-refractivity contribution in [2.75, 3.05) is 7.11 Å². The molecule has 7 heteroatoms. The lowest BCUT2D eigenvalue weighted by Crippen LogP contribution is -2.20. The predicted molar refractivity (Wildman–Crippen MR) is 54.7 cm³/mol. The number of rotatable bonds is 7. The first-order valence-electron chi connectivity index (χ1n) is 5.40. The smallest absolute Gasteiger partial charge is 0.264 e. The molecule has 0 saturated carbocycles. The molecule has 2 unspecified atom stereocenters. The van der Waals surface area contributed by atoms with Gasteiger partial charge in [-0.15, -0.1) is 0 Å². The first-order valence-corrected chi connectivity index (χ1v) is 5.40. The van der Waals surface area contributed by atoms with Gasteiger partial charge in [-0.2, -0.15) is 4.98 Å². The summed E-state index contributed by atoms with van der Waals surface area (Å²) in [6.07, 6.45) is -3.67. The van der Waals surface area contributed by atoms with E-state index in [4.69, 9.17) is 14.4 Å². The van der Waals surface area contributed by atoms with Crippen LogP contribution in [-0.2, 0) is 11.2 Å². The Morgan fingerprint density at radius 2 is 2.18 bits per heavy atom. The molecule has 5 nitrogen and oxygen atoms in total. The summed E-state index contributed by atoms with van der Waals surface area (Å²) in [6, 6.07) is 0. The Hall–Kier alpha value is -1.08. The van der Waals surface area contributed by atoms with E-state index in [1.54, 1.807) is 0 Å². The van der Waals surface area contributed by atoms with Crippen LogP contribution in [0.15, 0.2) is 4.52 Å². The lowest BCUT2D eigenvalue weighted by atomic mass is 10.2. The van der Waals surface area contributed by atoms with Crippen molar-refractivity contribution >= 4 is 0 Å². The third kappa shape index (κ3) is 4.01. The summed E-state index contributed by atoms with van der Waals surface area (Å²) in [5.41, 5.74) is 0. The summed E-state index contributed by atoms with van der Waals surface area (Å²) in [6.45, 7) is 1.98. The second-order valence-electron chi connectivity index (χ2n) is 3.67. The van der Waals surface area contributed by atoms with Crippen molar-refractivity contribution < 1.29 is 23.1 Å². The van der Waals surface area contributed by atoms with Crippen LogP contribution in [0.4, 0.5) is 8.78 Å². The van der Waals surface area contributed by atoms with Gasteiger partial charge in [0.05, 0.1) is 6.42 Å². The summed E-state index contributed by atoms with van der Waals surface area (Å²) in [7, 11) is 1.52. The van der Waals surface area contributed by atoms with E-state index in [1.165, 1.54) is 7.11 Å². The average molecular weight is 250 g/mol. The van der Waals surface area contributed by atoms with E-state index in [0.717, 1.165) is 6.42 Å². The van der Waals surface area contributed by atoms with Gasteiger partial charge >= 0.3 is 0 Å². The van der Waals surface area contributed by atoms with Gasteiger partial charge in [0.2, 0.25) is 11.7 Å². The molecular formula is C10H16F2N2O3. The van der Waals surface area contributed by atoms with Crippen molar-refractivity contribution in [1.82, 2.24) is 10.1 Å². The topological polar surface area (TPSA) is 68.4 Å². The molecule has 0 aliphatic heterocycles. The minimum absolute atomic E-state index is 0.00838. The van der Waals surface area contributed by atoms with Gasteiger partial charge in [-0.3, -0.25) is 0 Å². The van der Waals surface area contributed by atoms with Crippen molar-refractivity contribution in [3.63, 3.8) is 0 Å². The van der Waals surface area contributed by atoms with E-state index in [9.17, 15) is 8.78 Å². The summed E-state index contributed by atoms with van der Waals surface area (Å²) in [5, 5.41) is 12.6. The predicted octanol–water partition coefficient (Wildman–Crippen LogP) is 1.73. The number of ether oxygens (including phenoxy) is 1. The average Bonchev–Trinajstić information content (AvgIpc) is 2.74. The van der Waals surface area contributed by atoms with Crippen molar-refractivity contribution in [2.24, 2.45) is 0 Å². The zero-order valence-corrected chi connectivity index (χ0v) is 9.77. The van der Waals surface area contributed by atoms with Gasteiger partial charge in [0.25, 0.3) is 6.43 Å². The molecule has 98 valence electrons. The molecule has 1 heterocycles. The van der Waals surface area contributed by atoms with Crippen LogP contribution in [0, 0.1) is 0 Å². The quantitative estimate of drug-likeness (QED) is 0.798. The summed E-state index contributed by atoms with van der Waals surface area (Å²) in [4.78, 5) is 3.93. The minimum atomic E-state index is -2.82. The highest BCUT2D eigenvalue weighted by Gasteiger charge is 2.22. The second-order valence-corrected chi connectivity index (χ2v) is 3.67. The fourth-order valence-corrected chi connectivity index (χ4v) is 1.36. The van der Waals surface area contributed by atoms with Gasteiger partial charge in [0, 0.05) is 7.11 Å². The molecule has 0 aliphatic carbocycles. The number of aliphatic hydroxyl groups is 1. The molecule has 1 aromatic heterocycles. The van der Waals surface area contributed by atoms with Gasteiger partial charge in [0.1, 0.15) is 12.2 Å². The maximum atomic E-state index is 12.1. The second kappa shape index (κ2) is 6.61. The molecule has 1 N–H and O–H groups in total. The number of aliphatic hydroxyl groups excluding tert-OH is 1. The molecule has 0 spiro atoms. The zero-order valence-electron chi connectivity index (χ0n) is 9.77. The molecule has 1 rings (SSSR count). The molecule has 0 radical (unpaired) electrons. The lowest BCUT2D eigenvalue weighted by molar-refractivity contribution is -0.00754. The molecule has 17 heavy (non-hydrogen) atoms. The molecule has 2 atom stereocenters. The fourth-order valence-electron chi connectivity index (χ4n) is 1.36. The zero-order chi connectivity index (χ0) is 12.8. The van der Waals surface area contributed by atoms with Gasteiger partial charge in [-0.1, -0.05) is 18.5 Å². The van der Waals surface area contributed by atoms with E-state index in [-0.39, 0.29) is 18.4 Å². The van der Waals surface area contributed by atoms with E-state index in [1.807, 2.05) is 6.92 Å². The molecule has 0 aromatic carbocycles. The van der Waals surface area contributed by atoms with Crippen LogP contribution in [0.2, 0.25) is 0 Å². The summed E-state index contributed by atoms with van der Waals surface area (Å²) < 4.78 is 34.1. The van der Waals surface area contributed by atoms with E-state index < -0.39 is 12.5 Å². The number of alkyl halides is 2. The van der Waals surface area contributed by atoms with Crippen LogP contribution in [0.25, 0.3) is 0 Å². The van der Waals surface area contributed by atoms with Crippen molar-refractivity contribution in [3.8, 4) is 0 Å². The van der Waals surface area contributed by atoms with E-state index >= 15 is 0 Å². The summed E-state index contributed by atoms with van der Waals surface area (Å²) >= 11 is 0. The van der Waals surface area contributed by atoms with Gasteiger partial charge in [-0.25, -0.2) is 8.78 Å². The first-order chi connectivity index (χ1) is 8.08. The molecule has 1 aromatic rings. The first kappa shape index (κ1) is 14.0. The fraction of sp³-hybridized carbons (Fsp3) is 0.800. The monoisotopic (exact) mass is 250 g/mol. The SMILES string of the molecule is CCCC(OC)c1noc(CC(O)C(F)F)n1. The lowest BCUT2D eigenvalue weighted by Gasteiger charge is -2.08. The number of methoxy groups -OCH3 is 1. The number of halogens is 2. The van der Waals surface area contributed by atoms with Gasteiger partial charge < -0.3 is 14.4 Å². The Morgan fingerprint density at radius 3 is 2.71 bits per heavy atom. The molecule has 0 aliphatic rings. The number of hydrogen-bond acceptors (Lipinski definition) is 5. The minimum Gasteiger partial charge on any atom is -0.387 e. The van der Waals surface area contributed by atoms with Crippen LogP contribution in [0.3, 0.4) is 0 Å². The van der Waals surface area contributed by atoms with Crippen LogP contribution >= 0.6 is 0 Å². The molecule has 0 saturated heterocycles. The van der Waals surface area contributed by atoms with Gasteiger partial charge in [0.15, 0.2) is 0 Å². The maximum absolute atomic E-state index is 12.1. The summed E-state index contributed by atoms with van der Waals surface area (Å²) in [5.74, 6) is 0.316. The Labute approximate surface area is 97.8 Å². The Balaban J connectivity index is 2.63. The standard InChI is InChI=1S/C10H16F2N2O3/c1-3-4-7(16-2)10-13-8(17-14-10)5-6(15)9(11)12/h6-7,9,15H,3-5H2,1-2H3. The highest BCUT2D eigenvalue weighted by atomic mass is 19.3. The van der Waals surface area contributed by atoms with Crippen LogP contribution in [0.1, 0.15) is 37.6 Å². The van der Waals surface area contributed by atoms with Crippen molar-refractivity contribution in [1.29, 1.82) is 0 Å². The molecular weight excluding hydrogens is 234 g/mol. The Bertz CT molecular complexity index is 333. The van der Waals surface area contributed by atoms with Crippen LogP contribution in [0.5, 0.6) is 0 Å².